The molecule has 0 atom stereocenters. The molecule has 0 aliphatic heterocycles. The summed E-state index contributed by atoms with van der Waals surface area (Å²) in [6, 6.07) is 0. The van der Waals surface area contributed by atoms with Gasteiger partial charge in [0.15, 0.2) is 0 Å². The molecule has 0 heterocycles. The third-order valence-electron chi connectivity index (χ3n) is 0. The van der Waals surface area contributed by atoms with Crippen molar-refractivity contribution in [1.29, 1.82) is 0 Å². The Bertz CT molecular complexity index is 133. The number of hydrogen-bond donors (Lipinski definition) is 2. The van der Waals surface area contributed by atoms with E-state index in [4.69, 9.17) is 17.5 Å². The molecule has 10 heavy (non-hydrogen) atoms. The van der Waals surface area contributed by atoms with Gasteiger partial charge in [0.05, 0.1) is 0 Å². The van der Waals surface area contributed by atoms with E-state index in [1.54, 1.807) is 0 Å². The summed E-state index contributed by atoms with van der Waals surface area (Å²) in [4.78, 5) is 0. The zero-order chi connectivity index (χ0) is 8.08. The van der Waals surface area contributed by atoms with E-state index in [2.05, 4.69) is 0 Å². The van der Waals surface area contributed by atoms with Gasteiger partial charge in [-0.15, -0.1) is 0 Å². The second-order valence-electron chi connectivity index (χ2n) is 0.967. The third-order valence-corrected chi connectivity index (χ3v) is 0. The minimum absolute atomic E-state index is 0. The first kappa shape index (κ1) is 17.0. The summed E-state index contributed by atoms with van der Waals surface area (Å²) >= 11 is 0. The van der Waals surface area contributed by atoms with Gasteiger partial charge in [0.2, 0.25) is 6.43 Å². The summed E-state index contributed by atoms with van der Waals surface area (Å²) in [5, 5.41) is 0. The molecular weight excluding hydrogens is 181 g/mol. The van der Waals surface area contributed by atoms with Crippen LogP contribution in [0.25, 0.3) is 0 Å². The molecule has 0 aromatic heterocycles. The van der Waals surface area contributed by atoms with Crippen LogP contribution in [0.2, 0.25) is 0 Å². The van der Waals surface area contributed by atoms with Crippen LogP contribution in [-0.2, 0) is 10.4 Å². The standard InChI is InChI=1S/C2H4F2.Na.H2O4S.H/c1-2(3)4;;1-5(2,3)4;/h2H,1H3;;(H2,1,2,3,4);. The summed E-state index contributed by atoms with van der Waals surface area (Å²) in [5.74, 6) is 0. The summed E-state index contributed by atoms with van der Waals surface area (Å²) in [6.07, 6.45) is -2.17. The third kappa shape index (κ3) is 979. The Morgan fingerprint density at radius 2 is 1.30 bits per heavy atom. The van der Waals surface area contributed by atoms with Crippen LogP contribution in [0, 0.1) is 0 Å². The first-order valence-electron chi connectivity index (χ1n) is 1.71. The SMILES string of the molecule is CC(F)F.O=S(=O)(O)O.[NaH]. The van der Waals surface area contributed by atoms with Crippen molar-refractivity contribution < 1.29 is 26.3 Å². The predicted molar refractivity (Wildman–Crippen MR) is 33.0 cm³/mol. The molecule has 0 aliphatic carbocycles. The molecule has 0 fully saturated rings. The van der Waals surface area contributed by atoms with E-state index in [1.165, 1.54) is 0 Å². The van der Waals surface area contributed by atoms with Gasteiger partial charge < -0.3 is 0 Å². The molecule has 0 amide bonds. The van der Waals surface area contributed by atoms with Crippen LogP contribution in [0.4, 0.5) is 8.78 Å². The van der Waals surface area contributed by atoms with Crippen LogP contribution >= 0.6 is 0 Å². The summed E-state index contributed by atoms with van der Waals surface area (Å²) in [6.45, 7) is 0.833. The number of rotatable bonds is 0. The van der Waals surface area contributed by atoms with Gasteiger partial charge in [0, 0.05) is 0 Å². The maximum atomic E-state index is 10.3. The molecule has 0 saturated carbocycles. The summed E-state index contributed by atoms with van der Waals surface area (Å²) in [7, 11) is -4.67. The number of hydrogen-bond acceptors (Lipinski definition) is 2. The van der Waals surface area contributed by atoms with Crippen LogP contribution < -0.4 is 0 Å². The van der Waals surface area contributed by atoms with Crippen LogP contribution in [0.3, 0.4) is 0 Å². The average molecular weight is 188 g/mol. The van der Waals surface area contributed by atoms with Gasteiger partial charge in [0.1, 0.15) is 0 Å². The minimum atomic E-state index is -4.67. The number of alkyl halides is 2. The van der Waals surface area contributed by atoms with Crippen molar-refractivity contribution in [1.82, 2.24) is 0 Å². The van der Waals surface area contributed by atoms with E-state index >= 15 is 0 Å². The monoisotopic (exact) mass is 188 g/mol. The average Bonchev–Trinajstić information content (AvgIpc) is 1.19. The molecule has 0 bridgehead atoms. The molecule has 8 heteroatoms. The molecule has 0 aromatic rings. The van der Waals surface area contributed by atoms with Gasteiger partial charge in [-0.25, -0.2) is 8.78 Å². The Kier molecular flexibility index (Phi) is 13.3. The van der Waals surface area contributed by atoms with Crippen LogP contribution in [0.1, 0.15) is 6.92 Å². The molecule has 4 nitrogen and oxygen atoms in total. The van der Waals surface area contributed by atoms with Crippen molar-refractivity contribution in [2.75, 3.05) is 0 Å². The first-order valence-corrected chi connectivity index (χ1v) is 3.11. The molecule has 0 spiro atoms. The van der Waals surface area contributed by atoms with E-state index in [9.17, 15) is 8.78 Å². The van der Waals surface area contributed by atoms with Crippen molar-refractivity contribution in [2.45, 2.75) is 13.3 Å². The van der Waals surface area contributed by atoms with E-state index in [0.29, 0.717) is 0 Å². The second kappa shape index (κ2) is 7.83. The van der Waals surface area contributed by atoms with Crippen molar-refractivity contribution in [3.05, 3.63) is 0 Å². The zero-order valence-electron chi connectivity index (χ0n) is 4.45. The quantitative estimate of drug-likeness (QED) is 0.413. The fourth-order valence-corrected chi connectivity index (χ4v) is 0. The zero-order valence-corrected chi connectivity index (χ0v) is 5.27. The van der Waals surface area contributed by atoms with Crippen LogP contribution in [0.5, 0.6) is 0 Å². The number of halogens is 2. The first-order chi connectivity index (χ1) is 3.73. The normalized spacial score (nSPS) is 9.40. The van der Waals surface area contributed by atoms with Crippen molar-refractivity contribution in [3.63, 3.8) is 0 Å². The summed E-state index contributed by atoms with van der Waals surface area (Å²) < 4.78 is 52.2. The molecule has 2 N–H and O–H groups in total. The summed E-state index contributed by atoms with van der Waals surface area (Å²) in [5.41, 5.74) is 0. The van der Waals surface area contributed by atoms with Gasteiger partial charge in [-0.2, -0.15) is 8.42 Å². The Labute approximate surface area is 79.5 Å². The molecule has 0 saturated heterocycles. The van der Waals surface area contributed by atoms with Crippen molar-refractivity contribution in [2.24, 2.45) is 0 Å². The molecule has 0 radical (unpaired) electrons. The molecule has 0 rings (SSSR count). The fraction of sp³-hybridized carbons (Fsp3) is 1.00. The van der Waals surface area contributed by atoms with Crippen molar-refractivity contribution >= 4 is 40.0 Å². The Morgan fingerprint density at radius 3 is 1.30 bits per heavy atom. The Hall–Kier alpha value is 0.730. The molecular formula is C2H7F2NaO4S. The van der Waals surface area contributed by atoms with E-state index < -0.39 is 16.8 Å². The van der Waals surface area contributed by atoms with E-state index in [1.807, 2.05) is 0 Å². The molecule has 0 unspecified atom stereocenters. The Balaban J connectivity index is -0.0000000910. The van der Waals surface area contributed by atoms with Gasteiger partial charge in [-0.3, -0.25) is 9.11 Å². The van der Waals surface area contributed by atoms with Crippen LogP contribution in [0.15, 0.2) is 0 Å². The molecule has 0 aliphatic rings. The van der Waals surface area contributed by atoms with Crippen LogP contribution in [-0.4, -0.2) is 53.5 Å². The second-order valence-corrected chi connectivity index (χ2v) is 1.86. The van der Waals surface area contributed by atoms with E-state index in [0.717, 1.165) is 6.92 Å². The van der Waals surface area contributed by atoms with Gasteiger partial charge in [-0.1, -0.05) is 0 Å². The Morgan fingerprint density at radius 1 is 1.30 bits per heavy atom. The molecule has 60 valence electrons. The van der Waals surface area contributed by atoms with E-state index in [-0.39, 0.29) is 29.6 Å². The topological polar surface area (TPSA) is 74.6 Å². The van der Waals surface area contributed by atoms with Crippen molar-refractivity contribution in [3.8, 4) is 0 Å². The van der Waals surface area contributed by atoms with Gasteiger partial charge in [0.25, 0.3) is 0 Å². The predicted octanol–water partition coefficient (Wildman–Crippen LogP) is -0.0299. The van der Waals surface area contributed by atoms with Gasteiger partial charge in [-0.05, 0) is 6.92 Å². The fourth-order valence-electron chi connectivity index (χ4n) is 0. The molecule has 0 aromatic carbocycles. The van der Waals surface area contributed by atoms with Gasteiger partial charge >= 0.3 is 40.0 Å². The maximum absolute atomic E-state index is 10.3.